The van der Waals surface area contributed by atoms with E-state index in [1.807, 2.05) is 0 Å². The van der Waals surface area contributed by atoms with Gasteiger partial charge in [0.25, 0.3) is 0 Å². The molecular formula is C29H39N5. The molecule has 1 N–H and O–H groups in total. The molecule has 1 atom stereocenters. The number of fused-ring (bicyclic) bond motifs is 1. The average molecular weight is 458 g/mol. The number of nitrogens with one attached hydrogen (secondary N) is 1. The van der Waals surface area contributed by atoms with Gasteiger partial charge in [-0.15, -0.1) is 0 Å². The van der Waals surface area contributed by atoms with Gasteiger partial charge in [0.2, 0.25) is 0 Å². The summed E-state index contributed by atoms with van der Waals surface area (Å²) < 4.78 is 2.23. The lowest BCUT2D eigenvalue weighted by Gasteiger charge is -2.42. The number of piperidine rings is 2. The molecule has 34 heavy (non-hydrogen) atoms. The summed E-state index contributed by atoms with van der Waals surface area (Å²) in [6.45, 7) is 10.7. The molecule has 5 rings (SSSR count). The first-order valence-corrected chi connectivity index (χ1v) is 13.1. The highest BCUT2D eigenvalue weighted by molar-refractivity contribution is 5.76. The third-order valence-corrected chi connectivity index (χ3v) is 7.70. The van der Waals surface area contributed by atoms with Crippen molar-refractivity contribution in [2.75, 3.05) is 19.6 Å². The number of aryl methyl sites for hydroxylation is 3. The van der Waals surface area contributed by atoms with Crippen molar-refractivity contribution >= 4 is 17.2 Å². The maximum Gasteiger partial charge on any atom is 0.160 e. The van der Waals surface area contributed by atoms with Gasteiger partial charge >= 0.3 is 0 Å². The van der Waals surface area contributed by atoms with E-state index in [2.05, 4.69) is 78.0 Å². The maximum atomic E-state index is 4.78. The van der Waals surface area contributed by atoms with E-state index in [-0.39, 0.29) is 0 Å². The minimum Gasteiger partial charge on any atom is -0.317 e. The summed E-state index contributed by atoms with van der Waals surface area (Å²) in [6.07, 6.45) is 12.6. The SMILES string of the molecule is Cc1cc(C)c2nc(C)n(Cc3ccc(/C=C/CC4CCCCN4C4CCNCC4)cc3)c2n1. The van der Waals surface area contributed by atoms with Gasteiger partial charge in [0, 0.05) is 17.8 Å². The Hall–Kier alpha value is -2.50. The molecule has 0 radical (unpaired) electrons. The van der Waals surface area contributed by atoms with Gasteiger partial charge in [0.05, 0.1) is 6.54 Å². The number of aromatic nitrogens is 3. The summed E-state index contributed by atoms with van der Waals surface area (Å²) in [6, 6.07) is 12.6. The fourth-order valence-corrected chi connectivity index (χ4v) is 5.87. The third kappa shape index (κ3) is 5.11. The third-order valence-electron chi connectivity index (χ3n) is 7.70. The van der Waals surface area contributed by atoms with E-state index in [1.165, 1.54) is 68.4 Å². The predicted molar refractivity (Wildman–Crippen MR) is 141 cm³/mol. The summed E-state index contributed by atoms with van der Waals surface area (Å²) >= 11 is 0. The minimum atomic E-state index is 0.712. The standard InChI is InChI=1S/C29H39N5/c1-21-19-22(2)31-29-28(21)32-23(3)34(29)20-25-12-10-24(11-13-25)7-6-9-26-8-4-5-18-33(26)27-14-16-30-17-15-27/h6-7,10-13,19,26-27,30H,4-5,8-9,14-18,20H2,1-3H3/b7-6+. The predicted octanol–water partition coefficient (Wildman–Crippen LogP) is 5.41. The molecule has 5 nitrogen and oxygen atoms in total. The second-order valence-corrected chi connectivity index (χ2v) is 10.2. The molecule has 2 aliphatic rings. The van der Waals surface area contributed by atoms with E-state index in [0.717, 1.165) is 41.7 Å². The lowest BCUT2D eigenvalue weighted by atomic mass is 9.93. The maximum absolute atomic E-state index is 4.78. The molecule has 0 aliphatic carbocycles. The number of rotatable bonds is 6. The Morgan fingerprint density at radius 3 is 2.59 bits per heavy atom. The lowest BCUT2D eigenvalue weighted by molar-refractivity contribution is 0.0778. The van der Waals surface area contributed by atoms with Crippen molar-refractivity contribution in [1.29, 1.82) is 0 Å². The summed E-state index contributed by atoms with van der Waals surface area (Å²) in [4.78, 5) is 12.4. The molecule has 2 saturated heterocycles. The zero-order chi connectivity index (χ0) is 23.5. The van der Waals surface area contributed by atoms with Gasteiger partial charge in [0.15, 0.2) is 5.65 Å². The van der Waals surface area contributed by atoms with Crippen molar-refractivity contribution in [3.8, 4) is 0 Å². The summed E-state index contributed by atoms with van der Waals surface area (Å²) in [5, 5.41) is 3.52. The van der Waals surface area contributed by atoms with Crippen LogP contribution in [0.15, 0.2) is 36.4 Å². The van der Waals surface area contributed by atoms with Crippen molar-refractivity contribution in [2.45, 2.75) is 77.9 Å². The summed E-state index contributed by atoms with van der Waals surface area (Å²) in [5.74, 6) is 1.02. The van der Waals surface area contributed by atoms with E-state index in [4.69, 9.17) is 9.97 Å². The first-order valence-electron chi connectivity index (χ1n) is 13.1. The summed E-state index contributed by atoms with van der Waals surface area (Å²) in [5.41, 5.74) is 6.81. The van der Waals surface area contributed by atoms with Gasteiger partial charge in [0.1, 0.15) is 11.3 Å². The Bertz CT molecular complexity index is 1140. The van der Waals surface area contributed by atoms with Gasteiger partial charge in [-0.3, -0.25) is 4.90 Å². The van der Waals surface area contributed by atoms with Gasteiger partial charge in [-0.2, -0.15) is 0 Å². The molecule has 0 saturated carbocycles. The van der Waals surface area contributed by atoms with Crippen LogP contribution in [-0.2, 0) is 6.54 Å². The normalized spacial score (nSPS) is 20.5. The van der Waals surface area contributed by atoms with E-state index in [9.17, 15) is 0 Å². The average Bonchev–Trinajstić information content (AvgIpc) is 3.16. The zero-order valence-electron chi connectivity index (χ0n) is 21.1. The molecule has 2 aromatic heterocycles. The first-order chi connectivity index (χ1) is 16.6. The van der Waals surface area contributed by atoms with E-state index in [1.54, 1.807) is 0 Å². The molecule has 4 heterocycles. The second-order valence-electron chi connectivity index (χ2n) is 10.2. The summed E-state index contributed by atoms with van der Waals surface area (Å²) in [7, 11) is 0. The van der Waals surface area contributed by atoms with Crippen LogP contribution in [0, 0.1) is 20.8 Å². The number of likely N-dealkylation sites (tertiary alicyclic amines) is 1. The van der Waals surface area contributed by atoms with E-state index >= 15 is 0 Å². The van der Waals surface area contributed by atoms with Crippen molar-refractivity contribution < 1.29 is 0 Å². The van der Waals surface area contributed by atoms with E-state index < -0.39 is 0 Å². The molecule has 2 aliphatic heterocycles. The van der Waals surface area contributed by atoms with Crippen LogP contribution in [-0.4, -0.2) is 51.2 Å². The van der Waals surface area contributed by atoms with Gasteiger partial charge < -0.3 is 9.88 Å². The molecule has 0 spiro atoms. The van der Waals surface area contributed by atoms with Crippen LogP contribution in [0.1, 0.15) is 66.7 Å². The van der Waals surface area contributed by atoms with Crippen LogP contribution in [0.25, 0.3) is 17.2 Å². The molecular weight excluding hydrogens is 418 g/mol. The number of hydrogen-bond acceptors (Lipinski definition) is 4. The zero-order valence-corrected chi connectivity index (χ0v) is 21.1. The molecule has 180 valence electrons. The highest BCUT2D eigenvalue weighted by Gasteiger charge is 2.28. The van der Waals surface area contributed by atoms with Crippen LogP contribution >= 0.6 is 0 Å². The fourth-order valence-electron chi connectivity index (χ4n) is 5.87. The highest BCUT2D eigenvalue weighted by atomic mass is 15.2. The van der Waals surface area contributed by atoms with Crippen LogP contribution < -0.4 is 5.32 Å². The quantitative estimate of drug-likeness (QED) is 0.537. The molecule has 3 aromatic rings. The van der Waals surface area contributed by atoms with E-state index in [0.29, 0.717) is 6.04 Å². The Kier molecular flexibility index (Phi) is 7.12. The molecule has 2 fully saturated rings. The van der Waals surface area contributed by atoms with Crippen molar-refractivity contribution in [1.82, 2.24) is 24.8 Å². The lowest BCUT2D eigenvalue weighted by Crippen LogP contribution is -2.50. The molecule has 1 aromatic carbocycles. The Labute approximate surface area is 204 Å². The van der Waals surface area contributed by atoms with Crippen molar-refractivity contribution in [2.24, 2.45) is 0 Å². The van der Waals surface area contributed by atoms with Crippen molar-refractivity contribution in [3.63, 3.8) is 0 Å². The van der Waals surface area contributed by atoms with Crippen LogP contribution in [0.4, 0.5) is 0 Å². The smallest absolute Gasteiger partial charge is 0.160 e. The number of hydrogen-bond donors (Lipinski definition) is 1. The fraction of sp³-hybridized carbons (Fsp3) is 0.517. The Balaban J connectivity index is 1.23. The molecule has 5 heteroatoms. The number of benzene rings is 1. The first kappa shape index (κ1) is 23.3. The largest absolute Gasteiger partial charge is 0.317 e. The Morgan fingerprint density at radius 2 is 1.79 bits per heavy atom. The number of pyridine rings is 1. The van der Waals surface area contributed by atoms with Crippen LogP contribution in [0.3, 0.4) is 0 Å². The van der Waals surface area contributed by atoms with Gasteiger partial charge in [-0.25, -0.2) is 9.97 Å². The number of imidazole rings is 1. The van der Waals surface area contributed by atoms with Gasteiger partial charge in [-0.1, -0.05) is 42.8 Å². The topological polar surface area (TPSA) is 46.0 Å². The second kappa shape index (κ2) is 10.4. The molecule has 0 bridgehead atoms. The monoisotopic (exact) mass is 457 g/mol. The Morgan fingerprint density at radius 1 is 1.00 bits per heavy atom. The van der Waals surface area contributed by atoms with Crippen LogP contribution in [0.2, 0.25) is 0 Å². The molecule has 1 unspecified atom stereocenters. The van der Waals surface area contributed by atoms with Crippen LogP contribution in [0.5, 0.6) is 0 Å². The minimum absolute atomic E-state index is 0.712. The van der Waals surface area contributed by atoms with Gasteiger partial charge in [-0.05, 0) is 95.3 Å². The van der Waals surface area contributed by atoms with Crippen molar-refractivity contribution in [3.05, 3.63) is 64.6 Å². The molecule has 0 amide bonds. The highest BCUT2D eigenvalue weighted by Crippen LogP contribution is 2.26. The number of nitrogens with zero attached hydrogens (tertiary/aromatic N) is 4.